The zero-order chi connectivity index (χ0) is 13.1. The van der Waals surface area contributed by atoms with E-state index in [1.807, 2.05) is 66.7 Å². The molecule has 1 N–H and O–H groups in total. The molecule has 1 aliphatic heterocycles. The van der Waals surface area contributed by atoms with Crippen LogP contribution in [0.1, 0.15) is 17.0 Å². The van der Waals surface area contributed by atoms with Crippen LogP contribution in [-0.4, -0.2) is 5.91 Å². The van der Waals surface area contributed by atoms with Crippen molar-refractivity contribution in [1.82, 2.24) is 5.48 Å². The highest BCUT2D eigenvalue weighted by Gasteiger charge is 2.26. The molecule has 1 aliphatic rings. The molecule has 0 bridgehead atoms. The van der Waals surface area contributed by atoms with Gasteiger partial charge >= 0.3 is 0 Å². The molecule has 94 valence electrons. The van der Waals surface area contributed by atoms with Crippen molar-refractivity contribution in [1.29, 1.82) is 0 Å². The fraction of sp³-hybridized carbons (Fsp3) is 0.0625. The molecule has 0 aromatic heterocycles. The molecule has 0 spiro atoms. The van der Waals surface area contributed by atoms with Crippen LogP contribution in [0.4, 0.5) is 0 Å². The van der Waals surface area contributed by atoms with E-state index in [1.54, 1.807) is 0 Å². The van der Waals surface area contributed by atoms with Gasteiger partial charge in [-0.15, -0.1) is 0 Å². The molecule has 3 rings (SSSR count). The number of hydroxylamine groups is 1. The van der Waals surface area contributed by atoms with Gasteiger partial charge in [-0.1, -0.05) is 60.7 Å². The quantitative estimate of drug-likeness (QED) is 0.891. The second-order valence-corrected chi connectivity index (χ2v) is 4.35. The summed E-state index contributed by atoms with van der Waals surface area (Å²) in [6.45, 7) is 0. The lowest BCUT2D eigenvalue weighted by Gasteiger charge is -2.22. The van der Waals surface area contributed by atoms with Gasteiger partial charge in [0.15, 0.2) is 5.75 Å². The van der Waals surface area contributed by atoms with Crippen LogP contribution in [0.3, 0.4) is 0 Å². The second-order valence-electron chi connectivity index (χ2n) is 4.35. The molecule has 1 amide bonds. The van der Waals surface area contributed by atoms with Gasteiger partial charge in [0.2, 0.25) is 0 Å². The fourth-order valence-electron chi connectivity index (χ4n) is 2.10. The molecule has 1 heterocycles. The number of fused-ring (bicyclic) bond motifs is 1. The number of rotatable bonds is 2. The molecule has 1 atom stereocenters. The van der Waals surface area contributed by atoms with E-state index in [1.165, 1.54) is 0 Å². The summed E-state index contributed by atoms with van der Waals surface area (Å²) in [4.78, 5) is 17.1. The molecule has 0 saturated heterocycles. The zero-order valence-electron chi connectivity index (χ0n) is 10.2. The first-order valence-electron chi connectivity index (χ1n) is 6.13. The molecular weight excluding hydrogens is 238 g/mol. The Morgan fingerprint density at radius 2 is 1.74 bits per heavy atom. The van der Waals surface area contributed by atoms with Crippen LogP contribution in [0.15, 0.2) is 60.7 Å². The summed E-state index contributed by atoms with van der Waals surface area (Å²) in [5.41, 5.74) is 4.39. The van der Waals surface area contributed by atoms with Gasteiger partial charge in [-0.25, -0.2) is 0 Å². The average Bonchev–Trinajstić information content (AvgIpc) is 2.47. The minimum Gasteiger partial charge on any atom is -0.379 e. The first-order chi connectivity index (χ1) is 9.34. The summed E-state index contributed by atoms with van der Waals surface area (Å²) < 4.78 is 0. The van der Waals surface area contributed by atoms with Gasteiger partial charge in [0.1, 0.15) is 0 Å². The largest absolute Gasteiger partial charge is 0.379 e. The van der Waals surface area contributed by atoms with Crippen molar-refractivity contribution >= 4 is 12.0 Å². The predicted octanol–water partition coefficient (Wildman–Crippen LogP) is 2.91. The lowest BCUT2D eigenvalue weighted by Crippen LogP contribution is -2.36. The molecule has 3 nitrogen and oxygen atoms in total. The van der Waals surface area contributed by atoms with Crippen LogP contribution in [0.2, 0.25) is 0 Å². The van der Waals surface area contributed by atoms with Crippen molar-refractivity contribution in [2.75, 3.05) is 0 Å². The van der Waals surface area contributed by atoms with Crippen molar-refractivity contribution in [2.45, 2.75) is 5.92 Å². The Kier molecular flexibility index (Phi) is 3.02. The number of para-hydroxylation sites is 1. The van der Waals surface area contributed by atoms with E-state index in [9.17, 15) is 4.79 Å². The van der Waals surface area contributed by atoms with Gasteiger partial charge in [0.25, 0.3) is 5.91 Å². The zero-order valence-corrected chi connectivity index (χ0v) is 10.2. The molecular formula is C16H13NO2. The molecule has 0 aliphatic carbocycles. The van der Waals surface area contributed by atoms with Gasteiger partial charge in [-0.3, -0.25) is 4.79 Å². The summed E-state index contributed by atoms with van der Waals surface area (Å²) in [6.07, 6.45) is 3.85. The van der Waals surface area contributed by atoms with Crippen molar-refractivity contribution in [3.05, 3.63) is 71.8 Å². The monoisotopic (exact) mass is 251 g/mol. The first-order valence-corrected chi connectivity index (χ1v) is 6.13. The van der Waals surface area contributed by atoms with E-state index in [2.05, 4.69) is 5.48 Å². The SMILES string of the molecule is O=C1NOc2ccccc2C1C=Cc1ccccc1. The number of hydrogen-bond acceptors (Lipinski definition) is 2. The van der Waals surface area contributed by atoms with E-state index in [-0.39, 0.29) is 11.8 Å². The number of nitrogens with one attached hydrogen (secondary N) is 1. The van der Waals surface area contributed by atoms with Crippen LogP contribution in [0.5, 0.6) is 5.75 Å². The minimum atomic E-state index is -0.315. The van der Waals surface area contributed by atoms with Crippen LogP contribution >= 0.6 is 0 Å². The van der Waals surface area contributed by atoms with Crippen molar-refractivity contribution < 1.29 is 9.63 Å². The summed E-state index contributed by atoms with van der Waals surface area (Å²) in [5.74, 6) is 0.237. The van der Waals surface area contributed by atoms with Crippen molar-refractivity contribution in [2.24, 2.45) is 0 Å². The summed E-state index contributed by atoms with van der Waals surface area (Å²) in [7, 11) is 0. The molecule has 3 heteroatoms. The normalized spacial score (nSPS) is 17.7. The number of carbonyl (C=O) groups excluding carboxylic acids is 1. The third-order valence-electron chi connectivity index (χ3n) is 3.08. The second kappa shape index (κ2) is 4.98. The van der Waals surface area contributed by atoms with Gasteiger partial charge in [0.05, 0.1) is 5.92 Å². The average molecular weight is 251 g/mol. The minimum absolute atomic E-state index is 0.147. The molecule has 2 aromatic rings. The van der Waals surface area contributed by atoms with Crippen LogP contribution in [0, 0.1) is 0 Å². The molecule has 2 aromatic carbocycles. The Hall–Kier alpha value is -2.55. The Balaban J connectivity index is 1.92. The molecule has 0 fully saturated rings. The molecule has 0 saturated carbocycles. The Morgan fingerprint density at radius 3 is 2.58 bits per heavy atom. The Labute approximate surface area is 111 Å². The predicted molar refractivity (Wildman–Crippen MR) is 73.4 cm³/mol. The molecule has 0 radical (unpaired) electrons. The maximum atomic E-state index is 11.9. The standard InChI is InChI=1S/C16H13NO2/c18-16-14(11-10-12-6-2-1-3-7-12)13-8-4-5-9-15(13)19-17-16/h1-11,14H,(H,17,18). The number of hydrogen-bond donors (Lipinski definition) is 1. The highest BCUT2D eigenvalue weighted by atomic mass is 16.7. The summed E-state index contributed by atoms with van der Waals surface area (Å²) in [6, 6.07) is 17.5. The van der Waals surface area contributed by atoms with E-state index in [0.717, 1.165) is 11.1 Å². The van der Waals surface area contributed by atoms with E-state index in [0.29, 0.717) is 5.75 Å². The summed E-state index contributed by atoms with van der Waals surface area (Å²) >= 11 is 0. The third kappa shape index (κ3) is 2.36. The number of benzene rings is 2. The maximum Gasteiger partial charge on any atom is 0.264 e. The fourth-order valence-corrected chi connectivity index (χ4v) is 2.10. The highest BCUT2D eigenvalue weighted by Crippen LogP contribution is 2.31. The van der Waals surface area contributed by atoms with Crippen LogP contribution < -0.4 is 10.3 Å². The van der Waals surface area contributed by atoms with Gasteiger partial charge < -0.3 is 4.84 Å². The van der Waals surface area contributed by atoms with Crippen LogP contribution in [0.25, 0.3) is 6.08 Å². The number of amides is 1. The smallest absolute Gasteiger partial charge is 0.264 e. The lowest BCUT2D eigenvalue weighted by molar-refractivity contribution is -0.129. The van der Waals surface area contributed by atoms with Gasteiger partial charge in [-0.2, -0.15) is 5.48 Å². The van der Waals surface area contributed by atoms with Gasteiger partial charge in [-0.05, 0) is 11.6 Å². The highest BCUT2D eigenvalue weighted by molar-refractivity contribution is 5.88. The number of carbonyl (C=O) groups is 1. The maximum absolute atomic E-state index is 11.9. The lowest BCUT2D eigenvalue weighted by atomic mass is 9.95. The molecule has 19 heavy (non-hydrogen) atoms. The first kappa shape index (κ1) is 11.5. The summed E-state index contributed by atoms with van der Waals surface area (Å²) in [5, 5.41) is 0. The third-order valence-corrected chi connectivity index (χ3v) is 3.08. The Bertz CT molecular complexity index is 620. The van der Waals surface area contributed by atoms with Crippen LogP contribution in [-0.2, 0) is 4.79 Å². The molecule has 1 unspecified atom stereocenters. The topological polar surface area (TPSA) is 38.3 Å². The Morgan fingerprint density at radius 1 is 1.00 bits per heavy atom. The van der Waals surface area contributed by atoms with Crippen molar-refractivity contribution in [3.8, 4) is 5.75 Å². The van der Waals surface area contributed by atoms with Gasteiger partial charge in [0, 0.05) is 5.56 Å². The van der Waals surface area contributed by atoms with E-state index in [4.69, 9.17) is 4.84 Å². The van der Waals surface area contributed by atoms with Crippen molar-refractivity contribution in [3.63, 3.8) is 0 Å². The van der Waals surface area contributed by atoms with E-state index < -0.39 is 0 Å². The van der Waals surface area contributed by atoms with E-state index >= 15 is 0 Å².